The average molecular weight is 465 g/mol. The number of fused-ring (bicyclic) bond motifs is 1. The summed E-state index contributed by atoms with van der Waals surface area (Å²) in [6.07, 6.45) is 8.75. The van der Waals surface area contributed by atoms with Gasteiger partial charge in [0.05, 0.1) is 29.8 Å². The van der Waals surface area contributed by atoms with Crippen LogP contribution in [0.25, 0.3) is 22.4 Å². The molecule has 0 atom stereocenters. The van der Waals surface area contributed by atoms with Gasteiger partial charge in [-0.25, -0.2) is 4.98 Å². The highest BCUT2D eigenvalue weighted by Gasteiger charge is 2.25. The van der Waals surface area contributed by atoms with Crippen molar-refractivity contribution in [2.75, 3.05) is 44.8 Å². The highest BCUT2D eigenvalue weighted by atomic mass is 16.5. The molecule has 2 fully saturated rings. The number of benzene rings is 1. The van der Waals surface area contributed by atoms with Crippen LogP contribution in [-0.4, -0.2) is 65.5 Å². The quantitative estimate of drug-likeness (QED) is 0.448. The van der Waals surface area contributed by atoms with E-state index >= 15 is 0 Å². The predicted octanol–water partition coefficient (Wildman–Crippen LogP) is 3.10. The highest BCUT2D eigenvalue weighted by Crippen LogP contribution is 2.30. The Labute approximate surface area is 200 Å². The Morgan fingerprint density at radius 2 is 1.97 bits per heavy atom. The smallest absolute Gasteiger partial charge is 0.233 e. The molecule has 1 N–H and O–H groups in total. The van der Waals surface area contributed by atoms with Crippen LogP contribution in [0.3, 0.4) is 0 Å². The molecule has 0 spiro atoms. The Bertz CT molecular complexity index is 1150. The molecule has 34 heavy (non-hydrogen) atoms. The van der Waals surface area contributed by atoms with Crippen molar-refractivity contribution in [1.29, 1.82) is 0 Å². The Balaban J connectivity index is 1.46. The lowest BCUT2D eigenvalue weighted by atomic mass is 9.88. The molecule has 5 rings (SSSR count). The second-order valence-corrected chi connectivity index (χ2v) is 9.42. The van der Waals surface area contributed by atoms with Crippen molar-refractivity contribution in [2.24, 2.45) is 5.92 Å². The van der Waals surface area contributed by atoms with E-state index in [2.05, 4.69) is 15.5 Å². The van der Waals surface area contributed by atoms with Gasteiger partial charge >= 0.3 is 0 Å². The van der Waals surface area contributed by atoms with E-state index < -0.39 is 0 Å². The number of morpholine rings is 1. The number of ether oxygens (including phenoxy) is 1. The maximum Gasteiger partial charge on any atom is 0.233 e. The number of amides is 1. The van der Waals surface area contributed by atoms with E-state index in [1.807, 2.05) is 31.3 Å². The van der Waals surface area contributed by atoms with Gasteiger partial charge in [0.15, 0.2) is 0 Å². The summed E-state index contributed by atoms with van der Waals surface area (Å²) in [5.41, 5.74) is 3.60. The number of imidazole rings is 1. The van der Waals surface area contributed by atoms with Gasteiger partial charge in [0.2, 0.25) is 18.3 Å². The van der Waals surface area contributed by atoms with Crippen LogP contribution in [0, 0.1) is 5.92 Å². The second kappa shape index (κ2) is 10.1. The van der Waals surface area contributed by atoms with E-state index in [1.54, 1.807) is 17.3 Å². The van der Waals surface area contributed by atoms with Crippen molar-refractivity contribution < 1.29 is 19.5 Å². The Morgan fingerprint density at radius 3 is 2.74 bits per heavy atom. The zero-order valence-corrected chi connectivity index (χ0v) is 19.9. The maximum absolute atomic E-state index is 13.1. The molecular formula is C26H34N5O3+. The van der Waals surface area contributed by atoms with Crippen LogP contribution in [0.1, 0.15) is 32.1 Å². The van der Waals surface area contributed by atoms with Crippen molar-refractivity contribution >= 4 is 22.6 Å². The first-order valence-corrected chi connectivity index (χ1v) is 12.4. The number of aromatic nitrogens is 3. The summed E-state index contributed by atoms with van der Waals surface area (Å²) in [6.45, 7) is 5.08. The monoisotopic (exact) mass is 464 g/mol. The number of rotatable bonds is 6. The molecule has 0 unspecified atom stereocenters. The fourth-order valence-electron chi connectivity index (χ4n) is 5.19. The van der Waals surface area contributed by atoms with Crippen LogP contribution < -0.4 is 9.63 Å². The van der Waals surface area contributed by atoms with Gasteiger partial charge in [-0.3, -0.25) is 14.9 Å². The number of pyridine rings is 1. The third kappa shape index (κ3) is 4.79. The second-order valence-electron chi connectivity index (χ2n) is 9.42. The predicted molar refractivity (Wildman–Crippen MR) is 130 cm³/mol. The van der Waals surface area contributed by atoms with Crippen molar-refractivity contribution in [3.63, 3.8) is 0 Å². The lowest BCUT2D eigenvalue weighted by Crippen LogP contribution is -2.38. The molecule has 1 saturated carbocycles. The van der Waals surface area contributed by atoms with E-state index in [1.165, 1.54) is 6.42 Å². The summed E-state index contributed by atoms with van der Waals surface area (Å²) in [4.78, 5) is 22.3. The first kappa shape index (κ1) is 22.8. The lowest BCUT2D eigenvalue weighted by molar-refractivity contribution is -0.904. The van der Waals surface area contributed by atoms with Crippen LogP contribution in [0.4, 0.5) is 5.69 Å². The van der Waals surface area contributed by atoms with Crippen LogP contribution in [0.5, 0.6) is 0 Å². The molecule has 3 aromatic rings. The van der Waals surface area contributed by atoms with Crippen molar-refractivity contribution in [3.05, 3.63) is 42.7 Å². The number of carbonyl (C=O) groups excluding carboxylic acids is 1. The van der Waals surface area contributed by atoms with Crippen LogP contribution in [-0.2, 0) is 16.1 Å². The van der Waals surface area contributed by atoms with Crippen LogP contribution in [0.2, 0.25) is 0 Å². The van der Waals surface area contributed by atoms with E-state index in [0.717, 1.165) is 97.9 Å². The van der Waals surface area contributed by atoms with Gasteiger partial charge in [-0.1, -0.05) is 19.3 Å². The van der Waals surface area contributed by atoms with Gasteiger partial charge < -0.3 is 14.2 Å². The van der Waals surface area contributed by atoms with Crippen molar-refractivity contribution in [3.8, 4) is 11.4 Å². The molecule has 1 aromatic carbocycles. The summed E-state index contributed by atoms with van der Waals surface area (Å²) in [7, 11) is 1.88. The minimum Gasteiger partial charge on any atom is -0.379 e. The topological polar surface area (TPSA) is 74.7 Å². The average Bonchev–Trinajstić information content (AvgIpc) is 3.25. The fourth-order valence-corrected chi connectivity index (χ4v) is 5.19. The van der Waals surface area contributed by atoms with Crippen molar-refractivity contribution in [2.45, 2.75) is 38.6 Å². The summed E-state index contributed by atoms with van der Waals surface area (Å²) in [5.74, 6) is 1.14. The van der Waals surface area contributed by atoms with E-state index in [4.69, 9.17) is 9.72 Å². The summed E-state index contributed by atoms with van der Waals surface area (Å²) in [5, 5.41) is 9.99. The molecule has 180 valence electrons. The molecule has 1 aliphatic heterocycles. The lowest BCUT2D eigenvalue weighted by Gasteiger charge is -2.27. The number of anilines is 1. The van der Waals surface area contributed by atoms with Gasteiger partial charge in [0.1, 0.15) is 5.82 Å². The van der Waals surface area contributed by atoms with Gasteiger partial charge in [0.25, 0.3) is 0 Å². The molecule has 2 aliphatic rings. The number of carbonyl (C=O) groups is 1. The highest BCUT2D eigenvalue weighted by molar-refractivity contribution is 5.96. The van der Waals surface area contributed by atoms with Gasteiger partial charge in [0, 0.05) is 55.6 Å². The van der Waals surface area contributed by atoms with Gasteiger partial charge in [-0.05, 0) is 37.1 Å². The molecule has 2 aromatic heterocycles. The summed E-state index contributed by atoms with van der Waals surface area (Å²) < 4.78 is 8.76. The number of hydrogen-bond acceptors (Lipinski definition) is 5. The van der Waals surface area contributed by atoms with Crippen molar-refractivity contribution in [1.82, 2.24) is 14.5 Å². The van der Waals surface area contributed by atoms with Crippen LogP contribution in [0.15, 0.2) is 42.7 Å². The zero-order valence-electron chi connectivity index (χ0n) is 19.9. The minimum atomic E-state index is 0.125. The maximum atomic E-state index is 13.1. The molecule has 8 nitrogen and oxygen atoms in total. The van der Waals surface area contributed by atoms with Gasteiger partial charge in [-0.15, -0.1) is 0 Å². The molecule has 1 aliphatic carbocycles. The standard InChI is InChI=1S/C26H34N5O3/c1-28(26(32)20-6-3-2-4-7-20)22-9-10-24-23(18-22)27-25(21-8-5-11-30(33)19-21)31(24)13-12-29-14-16-34-17-15-29/h5,8-11,18-20,33H,2-4,6-7,12-17H2,1H3/q+1. The normalized spacial score (nSPS) is 17.8. The Morgan fingerprint density at radius 1 is 1.18 bits per heavy atom. The third-order valence-corrected chi connectivity index (χ3v) is 7.19. The van der Waals surface area contributed by atoms with E-state index in [0.29, 0.717) is 0 Å². The van der Waals surface area contributed by atoms with E-state index in [-0.39, 0.29) is 11.8 Å². The Hall–Kier alpha value is -2.97. The molecular weight excluding hydrogens is 430 g/mol. The Kier molecular flexibility index (Phi) is 6.78. The zero-order chi connectivity index (χ0) is 23.5. The SMILES string of the molecule is CN(C(=O)C1CCCCC1)c1ccc2c(c1)nc(-c1ccc[n+](O)c1)n2CCN1CCOCC1. The van der Waals surface area contributed by atoms with E-state index in [9.17, 15) is 10.0 Å². The first-order valence-electron chi connectivity index (χ1n) is 12.4. The van der Waals surface area contributed by atoms with Gasteiger partial charge in [-0.2, -0.15) is 0 Å². The largest absolute Gasteiger partial charge is 0.379 e. The number of nitrogens with zero attached hydrogens (tertiary/aromatic N) is 5. The molecule has 1 amide bonds. The fraction of sp³-hybridized carbons (Fsp3) is 0.500. The third-order valence-electron chi connectivity index (χ3n) is 7.19. The minimum absolute atomic E-state index is 0.125. The molecule has 1 saturated heterocycles. The molecule has 3 heterocycles. The summed E-state index contributed by atoms with van der Waals surface area (Å²) in [6, 6.07) is 9.88. The summed E-state index contributed by atoms with van der Waals surface area (Å²) >= 11 is 0. The molecule has 0 bridgehead atoms. The first-order chi connectivity index (χ1) is 16.6. The molecule has 0 radical (unpaired) electrons. The number of hydrogen-bond donors (Lipinski definition) is 1. The molecule has 8 heteroatoms. The van der Waals surface area contributed by atoms with Crippen LogP contribution >= 0.6 is 0 Å².